The van der Waals surface area contributed by atoms with Gasteiger partial charge in [-0.2, -0.15) is 0 Å². The number of carbonyl (C=O) groups is 2. The van der Waals surface area contributed by atoms with Crippen molar-refractivity contribution in [1.82, 2.24) is 20.4 Å². The van der Waals surface area contributed by atoms with Crippen LogP contribution in [-0.2, 0) is 11.1 Å². The number of urea groups is 2. The normalized spacial score (nSPS) is 21.1. The van der Waals surface area contributed by atoms with Crippen LogP contribution in [0.5, 0.6) is 0 Å². The summed E-state index contributed by atoms with van der Waals surface area (Å²) in [5.74, 6) is -0.561. The molecule has 2 aliphatic rings. The third-order valence-electron chi connectivity index (χ3n) is 10.3. The number of hydrogen-bond acceptors (Lipinski definition) is 6. The van der Waals surface area contributed by atoms with E-state index in [4.69, 9.17) is 10.5 Å². The average Bonchev–Trinajstić information content (AvgIpc) is 3.04. The molecule has 2 heterocycles. The molecule has 4 atom stereocenters. The molecule has 2 saturated heterocycles. The van der Waals surface area contributed by atoms with Gasteiger partial charge >= 0.3 is 41.6 Å². The fraction of sp³-hybridized carbons (Fsp3) is 0.579. The molecule has 0 aromatic heterocycles. The van der Waals surface area contributed by atoms with Crippen LogP contribution in [0.2, 0.25) is 0 Å². The molecule has 285 valence electrons. The molecular weight excluding hydrogens is 680 g/mol. The number of rotatable bonds is 9. The van der Waals surface area contributed by atoms with E-state index in [1.807, 2.05) is 15.9 Å². The third kappa shape index (κ3) is 13.1. The van der Waals surface area contributed by atoms with Crippen LogP contribution in [0.3, 0.4) is 0 Å². The first-order valence-electron chi connectivity index (χ1n) is 17.0. The van der Waals surface area contributed by atoms with Gasteiger partial charge in [0.15, 0.2) is 0 Å². The molecule has 6 N–H and O–H groups in total. The van der Waals surface area contributed by atoms with Crippen molar-refractivity contribution in [1.29, 1.82) is 0 Å². The molecule has 14 heteroatoms. The van der Waals surface area contributed by atoms with Gasteiger partial charge in [-0.1, -0.05) is 71.9 Å². The first kappa shape index (κ1) is 51.6. The summed E-state index contributed by atoms with van der Waals surface area (Å²) in [4.78, 5) is 29.3. The van der Waals surface area contributed by atoms with E-state index in [1.165, 1.54) is 24.3 Å². The number of amides is 4. The second-order valence-electron chi connectivity index (χ2n) is 15.3. The Bertz CT molecular complexity index is 1380. The summed E-state index contributed by atoms with van der Waals surface area (Å²) in [6.45, 7) is 22.1. The molecule has 2 aliphatic heterocycles. The van der Waals surface area contributed by atoms with Crippen molar-refractivity contribution < 1.29 is 69.0 Å². The zero-order valence-corrected chi connectivity index (χ0v) is 34.5. The van der Waals surface area contributed by atoms with Crippen LogP contribution in [0, 0.1) is 22.5 Å². The van der Waals surface area contributed by atoms with E-state index < -0.39 is 11.1 Å². The largest absolute Gasteiger partial charge is 1.00 e. The third-order valence-corrected chi connectivity index (χ3v) is 10.3. The van der Waals surface area contributed by atoms with Gasteiger partial charge < -0.3 is 31.0 Å². The van der Waals surface area contributed by atoms with Crippen LogP contribution in [0.1, 0.15) is 98.6 Å². The number of aliphatic hydroxyl groups excluding tert-OH is 1. The van der Waals surface area contributed by atoms with Crippen molar-refractivity contribution in [3.8, 4) is 0 Å². The molecule has 0 saturated carbocycles. The van der Waals surface area contributed by atoms with E-state index >= 15 is 0 Å². The predicted molar refractivity (Wildman–Crippen MR) is 198 cm³/mol. The van der Waals surface area contributed by atoms with Crippen LogP contribution in [-0.4, -0.2) is 83.2 Å². The van der Waals surface area contributed by atoms with Crippen molar-refractivity contribution in [3.63, 3.8) is 0 Å². The zero-order chi connectivity index (χ0) is 37.2. The maximum Gasteiger partial charge on any atom is 1.00 e. The van der Waals surface area contributed by atoms with Gasteiger partial charge in [-0.3, -0.25) is 10.5 Å². The summed E-state index contributed by atoms with van der Waals surface area (Å²) in [5, 5.41) is 27.6. The van der Waals surface area contributed by atoms with Gasteiger partial charge in [-0.05, 0) is 92.2 Å². The van der Waals surface area contributed by atoms with Crippen molar-refractivity contribution in [2.75, 3.05) is 19.7 Å². The number of nitrogens with one attached hydrogen (secondary N) is 2. The second-order valence-corrected chi connectivity index (χ2v) is 15.3. The molecule has 0 unspecified atom stereocenters. The summed E-state index contributed by atoms with van der Waals surface area (Å²) in [6, 6.07) is 12.8. The number of benzene rings is 2. The van der Waals surface area contributed by atoms with E-state index in [-0.39, 0.29) is 96.7 Å². The van der Waals surface area contributed by atoms with Gasteiger partial charge in [0, 0.05) is 40.2 Å². The first-order valence-corrected chi connectivity index (χ1v) is 17.0. The van der Waals surface area contributed by atoms with Crippen molar-refractivity contribution in [3.05, 3.63) is 83.9 Å². The van der Waals surface area contributed by atoms with E-state index in [0.29, 0.717) is 32.4 Å². The van der Waals surface area contributed by atoms with Crippen LogP contribution >= 0.6 is 0 Å². The molecule has 10 nitrogen and oxygen atoms in total. The Morgan fingerprint density at radius 1 is 0.788 bits per heavy atom. The number of aliphatic hydroxyl groups is 1. The van der Waals surface area contributed by atoms with Gasteiger partial charge in [-0.15, -0.1) is 6.58 Å². The Morgan fingerprint density at radius 3 is 1.46 bits per heavy atom. The minimum Gasteiger partial charge on any atom is -0.870 e. The van der Waals surface area contributed by atoms with E-state index in [0.717, 1.165) is 24.0 Å². The fourth-order valence-electron chi connectivity index (χ4n) is 6.38. The molecule has 52 heavy (non-hydrogen) atoms. The van der Waals surface area contributed by atoms with Crippen molar-refractivity contribution in [2.45, 2.75) is 111 Å². The number of nitrogens with zero attached hydrogens (tertiary/aromatic N) is 2. The number of hydrogen-bond donors (Lipinski definition) is 5. The zero-order valence-electron chi connectivity index (χ0n) is 32.5. The topological polar surface area (TPSA) is 155 Å². The molecule has 4 amide bonds. The summed E-state index contributed by atoms with van der Waals surface area (Å²) in [6.07, 6.45) is 5.18. The maximum absolute atomic E-state index is 13.3. The monoisotopic (exact) mass is 739 g/mol. The van der Waals surface area contributed by atoms with Gasteiger partial charge in [0.25, 0.3) is 0 Å². The molecule has 4 rings (SSSR count). The molecule has 0 spiro atoms. The first-order chi connectivity index (χ1) is 22.9. The van der Waals surface area contributed by atoms with Crippen molar-refractivity contribution in [2.24, 2.45) is 10.8 Å². The van der Waals surface area contributed by atoms with Crippen LogP contribution in [0.25, 0.3) is 0 Å². The minimum absolute atomic E-state index is 0. The Morgan fingerprint density at radius 2 is 1.13 bits per heavy atom. The fourth-order valence-corrected chi connectivity index (χ4v) is 6.38. The Balaban J connectivity index is 0. The smallest absolute Gasteiger partial charge is 0.870 e. The summed E-state index contributed by atoms with van der Waals surface area (Å²) in [5.41, 5.74) is 0.802. The van der Waals surface area contributed by atoms with E-state index in [9.17, 15) is 23.5 Å². The molecule has 2 aromatic rings. The van der Waals surface area contributed by atoms with Gasteiger partial charge in [0.2, 0.25) is 0 Å². The number of halogens is 2. The minimum atomic E-state index is -0.540. The molecular formula is C38H59BF2N4NaO6. The molecule has 2 fully saturated rings. The molecule has 0 aliphatic carbocycles. The molecule has 2 aromatic carbocycles. The SMILES string of the molecule is C=CC[C@]1(c2ccc(F)cc2)CCN([C@@H](C)C(C)(C)C)C(=O)N1.C[C@H](N1CC[C@](CCCO)(c2ccc(F)cc2)NC1=O)C(C)(C)C.OO.[B].[Na+].[OH-]. The van der Waals surface area contributed by atoms with E-state index in [1.54, 1.807) is 24.3 Å². The van der Waals surface area contributed by atoms with Gasteiger partial charge in [0.05, 0.1) is 11.1 Å². The second kappa shape index (κ2) is 22.0. The molecule has 3 radical (unpaired) electrons. The maximum atomic E-state index is 13.3. The van der Waals surface area contributed by atoms with Crippen LogP contribution < -0.4 is 40.2 Å². The Labute approximate surface area is 333 Å². The van der Waals surface area contributed by atoms with Gasteiger partial charge in [0.1, 0.15) is 11.6 Å². The number of carbonyl (C=O) groups excluding carboxylic acids is 2. The average molecular weight is 740 g/mol. The van der Waals surface area contributed by atoms with E-state index in [2.05, 4.69) is 72.6 Å². The van der Waals surface area contributed by atoms with Crippen LogP contribution in [0.15, 0.2) is 61.2 Å². The Hall–Kier alpha value is -2.52. The molecule has 0 bridgehead atoms. The van der Waals surface area contributed by atoms with Gasteiger partial charge in [-0.25, -0.2) is 18.4 Å². The predicted octanol–water partition coefficient (Wildman–Crippen LogP) is 4.55. The quantitative estimate of drug-likeness (QED) is 0.110. The Kier molecular flexibility index (Phi) is 21.8. The summed E-state index contributed by atoms with van der Waals surface area (Å²) < 4.78 is 26.5. The van der Waals surface area contributed by atoms with Crippen LogP contribution in [0.4, 0.5) is 18.4 Å². The summed E-state index contributed by atoms with van der Waals surface area (Å²) in [7, 11) is 0. The summed E-state index contributed by atoms with van der Waals surface area (Å²) >= 11 is 0. The van der Waals surface area contributed by atoms with Crippen molar-refractivity contribution >= 4 is 20.5 Å². The standard InChI is InChI=1S/C19H29FN2O2.C19H27FN2O.B.Na.H2O2.H2O/c1-14(18(2,3)4)22-12-11-19(10-5-13-23,21-17(22)24)15-6-8-16(20)9-7-15;1-6-11-19(15-7-9-16(20)10-8-15)12-13-22(17(23)21-19)14(2)18(3,4)5;;;1-2;/h6-9,14,23H,5,10-13H2,1-4H3,(H,21,24);6-10,14H,1,11-13H2,2-5H3,(H,21,23);;;1-2H;1H2/q;;;+1;;/p-1/t2*14-,19+;;;;/m00..../s1.